The van der Waals surface area contributed by atoms with Crippen molar-refractivity contribution in [1.82, 2.24) is 0 Å². The Bertz CT molecular complexity index is 210. The highest BCUT2D eigenvalue weighted by Crippen LogP contribution is 2.18. The molecular weight excluding hydrogens is 148 g/mol. The van der Waals surface area contributed by atoms with Gasteiger partial charge in [0.2, 0.25) is 0 Å². The number of nitrogens with two attached hydrogens (primary N) is 1. The summed E-state index contributed by atoms with van der Waals surface area (Å²) in [5.74, 6) is 0.491. The van der Waals surface area contributed by atoms with Crippen LogP contribution in [0.5, 0.6) is 0 Å². The van der Waals surface area contributed by atoms with Crippen molar-refractivity contribution in [3.63, 3.8) is 0 Å². The summed E-state index contributed by atoms with van der Waals surface area (Å²) in [4.78, 5) is 3.91. The zero-order valence-electron chi connectivity index (χ0n) is 8.33. The summed E-state index contributed by atoms with van der Waals surface area (Å²) in [6.07, 6.45) is 5.21. The highest BCUT2D eigenvalue weighted by atomic mass is 14.8. The Morgan fingerprint density at radius 1 is 1.42 bits per heavy atom. The van der Waals surface area contributed by atoms with Crippen molar-refractivity contribution in [3.8, 4) is 0 Å². The van der Waals surface area contributed by atoms with E-state index in [1.165, 1.54) is 17.5 Å². The fourth-order valence-electron chi connectivity index (χ4n) is 0.996. The summed E-state index contributed by atoms with van der Waals surface area (Å²) in [5.41, 5.74) is 7.66. The van der Waals surface area contributed by atoms with Crippen molar-refractivity contribution in [1.29, 1.82) is 0 Å². The molecule has 0 atom stereocenters. The number of allylic oxidation sites excluding steroid dienone is 3. The van der Waals surface area contributed by atoms with E-state index in [0.29, 0.717) is 5.92 Å². The van der Waals surface area contributed by atoms with Gasteiger partial charge in [-0.3, -0.25) is 0 Å². The Balaban J connectivity index is 4.66. The van der Waals surface area contributed by atoms with E-state index < -0.39 is 0 Å². The molecule has 0 aromatic rings. The van der Waals surface area contributed by atoms with E-state index in [0.717, 1.165) is 0 Å². The molecule has 0 fully saturated rings. The molecule has 0 bridgehead atoms. The number of nitrogens with zero attached hydrogens (tertiary/aromatic N) is 1. The van der Waals surface area contributed by atoms with E-state index >= 15 is 0 Å². The first-order chi connectivity index (χ1) is 5.63. The van der Waals surface area contributed by atoms with Crippen molar-refractivity contribution in [2.24, 2.45) is 16.6 Å². The van der Waals surface area contributed by atoms with Gasteiger partial charge in [-0.2, -0.15) is 0 Å². The van der Waals surface area contributed by atoms with Gasteiger partial charge in [-0.25, -0.2) is 4.99 Å². The second-order valence-corrected chi connectivity index (χ2v) is 3.01. The van der Waals surface area contributed by atoms with E-state index in [9.17, 15) is 0 Å². The fraction of sp³-hybridized carbons (Fsp3) is 0.500. The molecule has 0 aliphatic rings. The summed E-state index contributed by atoms with van der Waals surface area (Å²) in [7, 11) is 0. The van der Waals surface area contributed by atoms with Gasteiger partial charge in [-0.15, -0.1) is 0 Å². The molecule has 0 radical (unpaired) electrons. The first kappa shape index (κ1) is 11.0. The molecule has 68 valence electrons. The maximum Gasteiger partial charge on any atom is 0.0852 e. The first-order valence-electron chi connectivity index (χ1n) is 4.20. The van der Waals surface area contributed by atoms with Crippen LogP contribution in [-0.2, 0) is 0 Å². The standard InChI is InChI=1S/C10H18N2/c1-5-9(4)10(8(2)3)6-12-7-11/h5-8H,1-4H3,(H2,11,12)/b9-5-,10-6-. The molecule has 2 heteroatoms. The minimum absolute atomic E-state index is 0.491. The van der Waals surface area contributed by atoms with Gasteiger partial charge in [0.05, 0.1) is 6.34 Å². The van der Waals surface area contributed by atoms with E-state index in [2.05, 4.69) is 31.8 Å². The van der Waals surface area contributed by atoms with Crippen LogP contribution in [0, 0.1) is 5.92 Å². The van der Waals surface area contributed by atoms with E-state index in [-0.39, 0.29) is 0 Å². The molecule has 0 saturated carbocycles. The van der Waals surface area contributed by atoms with Gasteiger partial charge < -0.3 is 5.73 Å². The fourth-order valence-corrected chi connectivity index (χ4v) is 0.996. The third-order valence-electron chi connectivity index (χ3n) is 1.81. The molecule has 12 heavy (non-hydrogen) atoms. The summed E-state index contributed by atoms with van der Waals surface area (Å²) >= 11 is 0. The third-order valence-corrected chi connectivity index (χ3v) is 1.81. The maximum absolute atomic E-state index is 5.16. The Hall–Kier alpha value is -1.05. The molecule has 0 aliphatic heterocycles. The second-order valence-electron chi connectivity index (χ2n) is 3.01. The smallest absolute Gasteiger partial charge is 0.0852 e. The molecule has 0 aromatic heterocycles. The second kappa shape index (κ2) is 5.58. The monoisotopic (exact) mass is 166 g/mol. The minimum atomic E-state index is 0.491. The Labute approximate surface area is 74.9 Å². The van der Waals surface area contributed by atoms with Crippen LogP contribution >= 0.6 is 0 Å². The van der Waals surface area contributed by atoms with Crippen LogP contribution in [0.15, 0.2) is 28.4 Å². The third kappa shape index (κ3) is 3.37. The van der Waals surface area contributed by atoms with Crippen LogP contribution in [0.1, 0.15) is 27.7 Å². The number of hydrogen-bond donors (Lipinski definition) is 1. The molecule has 0 unspecified atom stereocenters. The van der Waals surface area contributed by atoms with Crippen LogP contribution in [0.25, 0.3) is 0 Å². The van der Waals surface area contributed by atoms with Crippen molar-refractivity contribution in [2.45, 2.75) is 27.7 Å². The van der Waals surface area contributed by atoms with Crippen molar-refractivity contribution in [2.75, 3.05) is 0 Å². The Morgan fingerprint density at radius 3 is 2.33 bits per heavy atom. The molecule has 0 heterocycles. The Morgan fingerprint density at radius 2 is 2.00 bits per heavy atom. The van der Waals surface area contributed by atoms with Crippen molar-refractivity contribution < 1.29 is 0 Å². The quantitative estimate of drug-likeness (QED) is 0.390. The average molecular weight is 166 g/mol. The van der Waals surface area contributed by atoms with E-state index in [4.69, 9.17) is 5.73 Å². The van der Waals surface area contributed by atoms with Crippen molar-refractivity contribution >= 4 is 6.34 Å². The highest BCUT2D eigenvalue weighted by molar-refractivity contribution is 5.52. The van der Waals surface area contributed by atoms with Crippen LogP contribution in [0.3, 0.4) is 0 Å². The molecule has 2 N–H and O–H groups in total. The lowest BCUT2D eigenvalue weighted by Crippen LogP contribution is -1.96. The molecule has 0 amide bonds. The largest absolute Gasteiger partial charge is 0.390 e. The van der Waals surface area contributed by atoms with Gasteiger partial charge in [0.1, 0.15) is 0 Å². The van der Waals surface area contributed by atoms with Gasteiger partial charge in [-0.05, 0) is 25.3 Å². The minimum Gasteiger partial charge on any atom is -0.390 e. The predicted molar refractivity (Wildman–Crippen MR) is 55.0 cm³/mol. The van der Waals surface area contributed by atoms with E-state index in [1.807, 2.05) is 13.1 Å². The number of aliphatic imine (C=N–C) groups is 1. The summed E-state index contributed by atoms with van der Waals surface area (Å²) in [5, 5.41) is 0. The lowest BCUT2D eigenvalue weighted by Gasteiger charge is -2.09. The molecule has 0 rings (SSSR count). The van der Waals surface area contributed by atoms with Gasteiger partial charge in [-0.1, -0.05) is 25.5 Å². The number of rotatable bonds is 3. The topological polar surface area (TPSA) is 38.4 Å². The molecule has 0 aromatic carbocycles. The van der Waals surface area contributed by atoms with E-state index in [1.54, 1.807) is 0 Å². The molecule has 2 nitrogen and oxygen atoms in total. The summed E-state index contributed by atoms with van der Waals surface area (Å²) in [6.45, 7) is 8.39. The molecule has 0 spiro atoms. The Kier molecular flexibility index (Phi) is 5.09. The molecular formula is C10H18N2. The lowest BCUT2D eigenvalue weighted by atomic mass is 9.97. The van der Waals surface area contributed by atoms with Gasteiger partial charge in [0, 0.05) is 6.20 Å². The maximum atomic E-state index is 5.16. The SMILES string of the molecule is C\C=C(C)/C(=C\N=C/N)C(C)C. The zero-order chi connectivity index (χ0) is 9.56. The zero-order valence-corrected chi connectivity index (χ0v) is 8.33. The van der Waals surface area contributed by atoms with Gasteiger partial charge >= 0.3 is 0 Å². The summed E-state index contributed by atoms with van der Waals surface area (Å²) in [6, 6.07) is 0. The molecule has 0 saturated heterocycles. The lowest BCUT2D eigenvalue weighted by molar-refractivity contribution is 0.774. The van der Waals surface area contributed by atoms with Crippen LogP contribution in [0.2, 0.25) is 0 Å². The highest BCUT2D eigenvalue weighted by Gasteiger charge is 2.03. The predicted octanol–water partition coefficient (Wildman–Crippen LogP) is 2.48. The van der Waals surface area contributed by atoms with Crippen LogP contribution in [0.4, 0.5) is 0 Å². The average Bonchev–Trinajstić information content (AvgIpc) is 2.04. The summed E-state index contributed by atoms with van der Waals surface area (Å²) < 4.78 is 0. The molecule has 0 aliphatic carbocycles. The first-order valence-corrected chi connectivity index (χ1v) is 4.20. The van der Waals surface area contributed by atoms with Gasteiger partial charge in [0.25, 0.3) is 0 Å². The van der Waals surface area contributed by atoms with Crippen molar-refractivity contribution in [3.05, 3.63) is 23.4 Å². The normalized spacial score (nSPS) is 14.8. The van der Waals surface area contributed by atoms with Crippen LogP contribution < -0.4 is 5.73 Å². The van der Waals surface area contributed by atoms with Gasteiger partial charge in [0.15, 0.2) is 0 Å². The number of hydrogen-bond acceptors (Lipinski definition) is 1. The van der Waals surface area contributed by atoms with Crippen LogP contribution in [-0.4, -0.2) is 6.34 Å².